The summed E-state index contributed by atoms with van der Waals surface area (Å²) >= 11 is 0. The summed E-state index contributed by atoms with van der Waals surface area (Å²) in [5.41, 5.74) is -0.831. The smallest absolute Gasteiger partial charge is 0.265 e. The quantitative estimate of drug-likeness (QED) is 0.200. The van der Waals surface area contributed by atoms with E-state index in [9.17, 15) is 26.4 Å². The van der Waals surface area contributed by atoms with Crippen LogP contribution in [0.5, 0.6) is 0 Å². The van der Waals surface area contributed by atoms with Crippen LogP contribution in [-0.4, -0.2) is 38.9 Å². The highest BCUT2D eigenvalue weighted by Crippen LogP contribution is 2.32. The Hall–Kier alpha value is -4.79. The molecule has 0 unspecified atom stereocenters. The van der Waals surface area contributed by atoms with Crippen LogP contribution in [0.25, 0.3) is 11.0 Å². The summed E-state index contributed by atoms with van der Waals surface area (Å²) < 4.78 is 86.5. The van der Waals surface area contributed by atoms with Gasteiger partial charge in [0, 0.05) is 19.4 Å². The number of halogens is 4. The minimum atomic E-state index is -4.86. The Labute approximate surface area is 217 Å². The number of hydrogen-bond donors (Lipinski definition) is 3. The van der Waals surface area contributed by atoms with E-state index < -0.39 is 55.2 Å². The first kappa shape index (κ1) is 25.8. The van der Waals surface area contributed by atoms with Gasteiger partial charge in [-0.25, -0.2) is 35.9 Å². The summed E-state index contributed by atoms with van der Waals surface area (Å²) in [4.78, 5) is 23.3. The Balaban J connectivity index is 1.57. The van der Waals surface area contributed by atoms with Gasteiger partial charge in [0.15, 0.2) is 5.82 Å². The molecule has 3 N–H and O–H groups in total. The van der Waals surface area contributed by atoms with Gasteiger partial charge in [-0.1, -0.05) is 0 Å². The zero-order valence-corrected chi connectivity index (χ0v) is 20.9. The minimum Gasteiger partial charge on any atom is -0.345 e. The standard InChI is InChI=1S/C24H17F4N7O3S/c1-11-17(9-35(2)33-11)32-24-19-13(8-29-23(19)30-10-31-24)22(36)20-15(27)5-6-16(21(20)28)34-39(37,38)18-7-12(25)3-4-14(18)26/h3-10,34H,1-2H3,(H2,29,30,31,32). The Morgan fingerprint density at radius 1 is 1.03 bits per heavy atom. The van der Waals surface area contributed by atoms with Gasteiger partial charge in [-0.05, 0) is 37.3 Å². The van der Waals surface area contributed by atoms with E-state index in [0.29, 0.717) is 41.7 Å². The summed E-state index contributed by atoms with van der Waals surface area (Å²) in [7, 11) is -3.16. The number of ketones is 1. The van der Waals surface area contributed by atoms with Crippen LogP contribution < -0.4 is 10.0 Å². The van der Waals surface area contributed by atoms with Crippen LogP contribution in [0.2, 0.25) is 0 Å². The largest absolute Gasteiger partial charge is 0.345 e. The number of benzene rings is 2. The van der Waals surface area contributed by atoms with Crippen molar-refractivity contribution in [3.05, 3.63) is 89.1 Å². The summed E-state index contributed by atoms with van der Waals surface area (Å²) in [6.45, 7) is 1.73. The molecule has 3 aromatic heterocycles. The van der Waals surface area contributed by atoms with Crippen molar-refractivity contribution in [1.82, 2.24) is 24.7 Å². The maximum absolute atomic E-state index is 15.5. The first-order valence-electron chi connectivity index (χ1n) is 11.1. The van der Waals surface area contributed by atoms with Gasteiger partial charge < -0.3 is 10.3 Å². The summed E-state index contributed by atoms with van der Waals surface area (Å²) in [6, 6.07) is 3.06. The molecule has 2 aromatic carbocycles. The van der Waals surface area contributed by atoms with Crippen LogP contribution in [0.3, 0.4) is 0 Å². The number of nitrogens with one attached hydrogen (secondary N) is 3. The van der Waals surface area contributed by atoms with Crippen LogP contribution in [0, 0.1) is 30.2 Å². The molecule has 0 spiro atoms. The molecule has 0 fully saturated rings. The maximum atomic E-state index is 15.5. The number of sulfonamides is 1. The van der Waals surface area contributed by atoms with Gasteiger partial charge in [-0.3, -0.25) is 14.2 Å². The molecule has 0 bridgehead atoms. The SMILES string of the molecule is Cc1nn(C)cc1Nc1ncnc2[nH]cc(C(=O)c3c(F)ccc(NS(=O)(=O)c4cc(F)ccc4F)c3F)c12. The first-order chi connectivity index (χ1) is 18.5. The van der Waals surface area contributed by atoms with Gasteiger partial charge in [-0.15, -0.1) is 0 Å². The fourth-order valence-corrected chi connectivity index (χ4v) is 5.09. The number of carbonyl (C=O) groups excluding carboxylic acids is 1. The second kappa shape index (κ2) is 9.50. The Morgan fingerprint density at radius 3 is 2.49 bits per heavy atom. The average Bonchev–Trinajstić information content (AvgIpc) is 3.45. The second-order valence-electron chi connectivity index (χ2n) is 8.37. The van der Waals surface area contributed by atoms with Crippen molar-refractivity contribution in [2.24, 2.45) is 7.05 Å². The van der Waals surface area contributed by atoms with Crippen LogP contribution in [0.1, 0.15) is 21.6 Å². The molecule has 200 valence electrons. The molecule has 0 aliphatic rings. The van der Waals surface area contributed by atoms with Gasteiger partial charge >= 0.3 is 0 Å². The summed E-state index contributed by atoms with van der Waals surface area (Å²) in [5, 5.41) is 7.34. The molecule has 39 heavy (non-hydrogen) atoms. The van der Waals surface area contributed by atoms with Crippen LogP contribution >= 0.6 is 0 Å². The van der Waals surface area contributed by atoms with Crippen LogP contribution in [0.15, 0.2) is 53.9 Å². The van der Waals surface area contributed by atoms with Crippen LogP contribution in [-0.2, 0) is 17.1 Å². The van der Waals surface area contributed by atoms with Gasteiger partial charge in [-0.2, -0.15) is 5.10 Å². The predicted molar refractivity (Wildman–Crippen MR) is 132 cm³/mol. The molecule has 0 saturated heterocycles. The molecular weight excluding hydrogens is 542 g/mol. The summed E-state index contributed by atoms with van der Waals surface area (Å²) in [5.74, 6) is -6.23. The van der Waals surface area contributed by atoms with Crippen molar-refractivity contribution in [2.45, 2.75) is 11.8 Å². The lowest BCUT2D eigenvalue weighted by Crippen LogP contribution is -2.18. The van der Waals surface area contributed by atoms with E-state index in [2.05, 4.69) is 25.4 Å². The predicted octanol–water partition coefficient (Wildman–Crippen LogP) is 4.33. The van der Waals surface area contributed by atoms with Gasteiger partial charge in [0.25, 0.3) is 10.0 Å². The fourth-order valence-electron chi connectivity index (χ4n) is 3.94. The summed E-state index contributed by atoms with van der Waals surface area (Å²) in [6.07, 6.45) is 4.05. The topological polar surface area (TPSA) is 135 Å². The number of aromatic nitrogens is 5. The van der Waals surface area contributed by atoms with E-state index in [1.807, 2.05) is 0 Å². The van der Waals surface area contributed by atoms with Gasteiger partial charge in [0.05, 0.1) is 33.6 Å². The molecule has 0 amide bonds. The highest BCUT2D eigenvalue weighted by atomic mass is 32.2. The molecule has 15 heteroatoms. The van der Waals surface area contributed by atoms with Crippen LogP contribution in [0.4, 0.5) is 34.8 Å². The number of anilines is 3. The molecule has 0 aliphatic heterocycles. The van der Waals surface area contributed by atoms with Gasteiger partial charge in [0.2, 0.25) is 5.78 Å². The number of nitrogens with zero attached hydrogens (tertiary/aromatic N) is 4. The lowest BCUT2D eigenvalue weighted by molar-refractivity contribution is 0.103. The minimum absolute atomic E-state index is 0.109. The number of H-pyrrole nitrogens is 1. The monoisotopic (exact) mass is 559 g/mol. The lowest BCUT2D eigenvalue weighted by Gasteiger charge is -2.13. The Bertz CT molecular complexity index is 1890. The molecule has 0 saturated carbocycles. The maximum Gasteiger partial charge on any atom is 0.265 e. The first-order valence-corrected chi connectivity index (χ1v) is 12.5. The van der Waals surface area contributed by atoms with E-state index in [-0.39, 0.29) is 22.4 Å². The average molecular weight is 560 g/mol. The molecule has 3 heterocycles. The Morgan fingerprint density at radius 2 is 1.77 bits per heavy atom. The van der Waals surface area contributed by atoms with Crippen molar-refractivity contribution in [3.63, 3.8) is 0 Å². The van der Waals surface area contributed by atoms with E-state index in [4.69, 9.17) is 0 Å². The Kier molecular flexibility index (Phi) is 6.30. The molecular formula is C24H17F4N7O3S. The van der Waals surface area contributed by atoms with Crippen molar-refractivity contribution >= 4 is 44.0 Å². The molecule has 0 aliphatic carbocycles. The number of carbonyl (C=O) groups is 1. The third-order valence-corrected chi connectivity index (χ3v) is 7.11. The third kappa shape index (κ3) is 4.67. The third-order valence-electron chi connectivity index (χ3n) is 5.73. The molecule has 5 aromatic rings. The molecule has 5 rings (SSSR count). The van der Waals surface area contributed by atoms with E-state index in [1.54, 1.807) is 29.6 Å². The normalized spacial score (nSPS) is 11.6. The van der Waals surface area contributed by atoms with Crippen molar-refractivity contribution in [3.8, 4) is 0 Å². The number of rotatable bonds is 7. The van der Waals surface area contributed by atoms with Crippen molar-refractivity contribution in [2.75, 3.05) is 10.0 Å². The zero-order valence-electron chi connectivity index (χ0n) is 20.1. The number of aryl methyl sites for hydroxylation is 2. The highest BCUT2D eigenvalue weighted by molar-refractivity contribution is 7.92. The fraction of sp³-hybridized carbons (Fsp3) is 0.0833. The van der Waals surface area contributed by atoms with E-state index in [1.165, 1.54) is 12.5 Å². The molecule has 0 atom stereocenters. The number of aromatic amines is 1. The number of fused-ring (bicyclic) bond motifs is 1. The van der Waals surface area contributed by atoms with E-state index >= 15 is 4.39 Å². The zero-order chi connectivity index (χ0) is 28.1. The number of hydrogen-bond acceptors (Lipinski definition) is 7. The van der Waals surface area contributed by atoms with E-state index in [0.717, 1.165) is 0 Å². The van der Waals surface area contributed by atoms with Crippen molar-refractivity contribution < 1.29 is 30.8 Å². The van der Waals surface area contributed by atoms with Gasteiger partial charge in [0.1, 0.15) is 40.1 Å². The second-order valence-corrected chi connectivity index (χ2v) is 10.0. The molecule has 0 radical (unpaired) electrons. The lowest BCUT2D eigenvalue weighted by atomic mass is 10.0. The molecule has 10 nitrogen and oxygen atoms in total. The highest BCUT2D eigenvalue weighted by Gasteiger charge is 2.28. The van der Waals surface area contributed by atoms with Crippen molar-refractivity contribution in [1.29, 1.82) is 0 Å².